The van der Waals surface area contributed by atoms with Gasteiger partial charge in [0.25, 0.3) is 0 Å². The second kappa shape index (κ2) is 8.40. The van der Waals surface area contributed by atoms with Crippen LogP contribution in [0.15, 0.2) is 40.7 Å². The van der Waals surface area contributed by atoms with Crippen molar-refractivity contribution >= 4 is 11.8 Å². The first-order valence-electron chi connectivity index (χ1n) is 11.5. The highest BCUT2D eigenvalue weighted by atomic mass is 16.7. The van der Waals surface area contributed by atoms with Gasteiger partial charge >= 0.3 is 5.97 Å². The van der Waals surface area contributed by atoms with Gasteiger partial charge in [-0.15, -0.1) is 0 Å². The van der Waals surface area contributed by atoms with Crippen LogP contribution in [-0.2, 0) is 14.3 Å². The molecule has 4 aliphatic rings. The Morgan fingerprint density at radius 1 is 1.03 bits per heavy atom. The number of rotatable bonds is 3. The Balaban J connectivity index is 1.53. The number of hydrogen-bond donors (Lipinski definition) is 1. The third kappa shape index (κ3) is 3.84. The minimum Gasteiger partial charge on any atom is -0.459 e. The predicted octanol–water partition coefficient (Wildman–Crippen LogP) is 4.65. The van der Waals surface area contributed by atoms with E-state index in [9.17, 15) is 9.59 Å². The average molecular weight is 424 g/mol. The average Bonchev–Trinajstić information content (AvgIpc) is 3.08. The number of nitrogens with one attached hydrogen (secondary N) is 1. The molecule has 0 amide bonds. The van der Waals surface area contributed by atoms with Gasteiger partial charge in [0.05, 0.1) is 5.57 Å². The number of carbonyl (C=O) groups is 2. The first-order valence-corrected chi connectivity index (χ1v) is 11.5. The zero-order valence-electron chi connectivity index (χ0n) is 18.0. The minimum absolute atomic E-state index is 0.0508. The van der Waals surface area contributed by atoms with E-state index in [0.29, 0.717) is 29.1 Å². The van der Waals surface area contributed by atoms with Crippen molar-refractivity contribution in [1.29, 1.82) is 0 Å². The van der Waals surface area contributed by atoms with Crippen LogP contribution in [0, 0.1) is 0 Å². The van der Waals surface area contributed by atoms with Crippen molar-refractivity contribution < 1.29 is 23.8 Å². The highest BCUT2D eigenvalue weighted by molar-refractivity contribution is 6.03. The number of fused-ring (bicyclic) bond motifs is 1. The van der Waals surface area contributed by atoms with Crippen molar-refractivity contribution in [3.8, 4) is 11.5 Å². The molecule has 2 aliphatic carbocycles. The van der Waals surface area contributed by atoms with E-state index in [0.717, 1.165) is 55.5 Å². The molecule has 0 unspecified atom stereocenters. The lowest BCUT2D eigenvalue weighted by Crippen LogP contribution is -2.35. The summed E-state index contributed by atoms with van der Waals surface area (Å²) in [5.41, 5.74) is 3.80. The fraction of sp³-hybridized carbons (Fsp3) is 0.520. The molecule has 1 aromatic rings. The van der Waals surface area contributed by atoms with Gasteiger partial charge < -0.3 is 19.5 Å². The number of hydrogen-bond acceptors (Lipinski definition) is 6. The molecule has 0 saturated heterocycles. The van der Waals surface area contributed by atoms with E-state index in [4.69, 9.17) is 14.2 Å². The topological polar surface area (TPSA) is 73.9 Å². The van der Waals surface area contributed by atoms with Gasteiger partial charge in [0.15, 0.2) is 17.3 Å². The summed E-state index contributed by atoms with van der Waals surface area (Å²) in [5.74, 6) is 0.672. The van der Waals surface area contributed by atoms with Gasteiger partial charge in [0.1, 0.15) is 6.10 Å². The first kappa shape index (κ1) is 20.2. The molecule has 1 saturated carbocycles. The number of benzene rings is 1. The van der Waals surface area contributed by atoms with E-state index in [-0.39, 0.29) is 24.6 Å². The third-order valence-corrected chi connectivity index (χ3v) is 6.80. The quantitative estimate of drug-likeness (QED) is 0.564. The maximum atomic E-state index is 13.5. The molecule has 31 heavy (non-hydrogen) atoms. The van der Waals surface area contributed by atoms with Crippen molar-refractivity contribution in [3.05, 3.63) is 46.3 Å². The van der Waals surface area contributed by atoms with Gasteiger partial charge in [-0.3, -0.25) is 4.79 Å². The predicted molar refractivity (Wildman–Crippen MR) is 115 cm³/mol. The number of allylic oxidation sites excluding steroid dienone is 3. The Morgan fingerprint density at radius 2 is 1.81 bits per heavy atom. The lowest BCUT2D eigenvalue weighted by molar-refractivity contribution is -0.145. The number of ether oxygens (including phenoxy) is 3. The Labute approximate surface area is 182 Å². The standard InChI is InChI=1S/C25H29NO5/c1-15-22(25(28)31-17-7-4-2-3-5-8-17)23(24-18(26-15)9-6-10-19(24)27)16-11-12-20-21(13-16)30-14-29-20/h11-13,17,23,26H,2-10,14H2,1H3/t23-/m0/s1. The molecule has 0 radical (unpaired) electrons. The number of Topliss-reactive ketones (excluding diaryl/α,β-unsaturated/α-hetero) is 1. The zero-order valence-corrected chi connectivity index (χ0v) is 18.0. The van der Waals surface area contributed by atoms with E-state index in [2.05, 4.69) is 5.32 Å². The first-order chi connectivity index (χ1) is 15.1. The van der Waals surface area contributed by atoms with Crippen LogP contribution >= 0.6 is 0 Å². The van der Waals surface area contributed by atoms with Gasteiger partial charge in [0, 0.05) is 29.3 Å². The molecule has 0 aromatic heterocycles. The summed E-state index contributed by atoms with van der Waals surface area (Å²) in [5, 5.41) is 3.36. The van der Waals surface area contributed by atoms with Crippen molar-refractivity contribution in [3.63, 3.8) is 0 Å². The normalized spacial score (nSPS) is 23.9. The number of dihydropyridines is 1. The highest BCUT2D eigenvalue weighted by Crippen LogP contribution is 2.45. The second-order valence-corrected chi connectivity index (χ2v) is 8.90. The highest BCUT2D eigenvalue weighted by Gasteiger charge is 2.40. The van der Waals surface area contributed by atoms with Gasteiger partial charge in [-0.1, -0.05) is 18.9 Å². The van der Waals surface area contributed by atoms with Crippen molar-refractivity contribution in [2.45, 2.75) is 76.7 Å². The smallest absolute Gasteiger partial charge is 0.337 e. The summed E-state index contributed by atoms with van der Waals surface area (Å²) in [4.78, 5) is 26.5. The molecule has 164 valence electrons. The molecule has 1 aromatic carbocycles. The molecule has 0 spiro atoms. The Hall–Kier alpha value is -2.76. The molecule has 2 aliphatic heterocycles. The monoisotopic (exact) mass is 423 g/mol. The van der Waals surface area contributed by atoms with E-state index in [1.165, 1.54) is 12.8 Å². The van der Waals surface area contributed by atoms with Crippen LogP contribution in [0.25, 0.3) is 0 Å². The third-order valence-electron chi connectivity index (χ3n) is 6.80. The minimum atomic E-state index is -0.447. The van der Waals surface area contributed by atoms with E-state index < -0.39 is 5.92 Å². The van der Waals surface area contributed by atoms with Crippen LogP contribution in [0.5, 0.6) is 11.5 Å². The zero-order chi connectivity index (χ0) is 21.4. The molecule has 6 heteroatoms. The molecular weight excluding hydrogens is 394 g/mol. The fourth-order valence-electron chi connectivity index (χ4n) is 5.25. The largest absolute Gasteiger partial charge is 0.459 e. The van der Waals surface area contributed by atoms with Crippen LogP contribution in [0.1, 0.15) is 76.2 Å². The molecule has 0 bridgehead atoms. The van der Waals surface area contributed by atoms with Crippen LogP contribution in [0.2, 0.25) is 0 Å². The molecule has 1 fully saturated rings. The molecular formula is C25H29NO5. The van der Waals surface area contributed by atoms with E-state index in [1.54, 1.807) is 0 Å². The van der Waals surface area contributed by atoms with Gasteiger partial charge in [-0.2, -0.15) is 0 Å². The fourth-order valence-corrected chi connectivity index (χ4v) is 5.25. The molecule has 2 heterocycles. The van der Waals surface area contributed by atoms with Gasteiger partial charge in [-0.05, 0) is 63.1 Å². The van der Waals surface area contributed by atoms with Crippen LogP contribution in [0.3, 0.4) is 0 Å². The number of esters is 1. The number of ketones is 1. The lowest BCUT2D eigenvalue weighted by Gasteiger charge is -2.34. The maximum Gasteiger partial charge on any atom is 0.337 e. The summed E-state index contributed by atoms with van der Waals surface area (Å²) in [6.45, 7) is 2.09. The Morgan fingerprint density at radius 3 is 2.61 bits per heavy atom. The van der Waals surface area contributed by atoms with Crippen molar-refractivity contribution in [2.24, 2.45) is 0 Å². The molecule has 1 N–H and O–H groups in total. The number of carbonyl (C=O) groups excluding carboxylic acids is 2. The van der Waals surface area contributed by atoms with E-state index >= 15 is 0 Å². The molecule has 1 atom stereocenters. The van der Waals surface area contributed by atoms with Crippen LogP contribution < -0.4 is 14.8 Å². The summed E-state index contributed by atoms with van der Waals surface area (Å²) in [6.07, 6.45) is 8.49. The van der Waals surface area contributed by atoms with Crippen molar-refractivity contribution in [2.75, 3.05) is 6.79 Å². The summed E-state index contributed by atoms with van der Waals surface area (Å²) in [7, 11) is 0. The maximum absolute atomic E-state index is 13.5. The Kier molecular flexibility index (Phi) is 5.47. The Bertz CT molecular complexity index is 968. The lowest BCUT2D eigenvalue weighted by atomic mass is 9.75. The summed E-state index contributed by atoms with van der Waals surface area (Å²) < 4.78 is 17.1. The van der Waals surface area contributed by atoms with Gasteiger partial charge in [-0.25, -0.2) is 4.79 Å². The van der Waals surface area contributed by atoms with Crippen molar-refractivity contribution in [1.82, 2.24) is 5.32 Å². The van der Waals surface area contributed by atoms with Crippen LogP contribution in [-0.4, -0.2) is 24.6 Å². The van der Waals surface area contributed by atoms with Gasteiger partial charge in [0.2, 0.25) is 6.79 Å². The SMILES string of the molecule is CC1=C(C(=O)OC2CCCCCC2)[C@H](c2ccc3c(c2)OCO3)C2=C(CCCC2=O)N1. The summed E-state index contributed by atoms with van der Waals surface area (Å²) >= 11 is 0. The summed E-state index contributed by atoms with van der Waals surface area (Å²) in [6, 6.07) is 5.69. The molecule has 5 rings (SSSR count). The van der Waals surface area contributed by atoms with E-state index in [1.807, 2.05) is 25.1 Å². The van der Waals surface area contributed by atoms with Crippen LogP contribution in [0.4, 0.5) is 0 Å². The second-order valence-electron chi connectivity index (χ2n) is 8.90. The molecule has 6 nitrogen and oxygen atoms in total.